The van der Waals surface area contributed by atoms with Gasteiger partial charge in [-0.15, -0.1) is 11.3 Å². The van der Waals surface area contributed by atoms with E-state index in [1.807, 2.05) is 17.5 Å². The van der Waals surface area contributed by atoms with Crippen LogP contribution in [0.25, 0.3) is 0 Å². The summed E-state index contributed by atoms with van der Waals surface area (Å²) in [5, 5.41) is 4.66. The standard InChI is InChI=1S/C16H21N3O3S2/c1-16(2,11-17)19-15(20)12-5-3-7-14(9-12)24(21,22)18-10-13-6-4-8-23-13/h3-9,18H,10-11,17H2,1-2H3,(H,19,20). The first-order valence-electron chi connectivity index (χ1n) is 7.38. The van der Waals surface area contributed by atoms with E-state index in [-0.39, 0.29) is 29.5 Å². The van der Waals surface area contributed by atoms with E-state index < -0.39 is 15.6 Å². The van der Waals surface area contributed by atoms with E-state index in [1.54, 1.807) is 26.0 Å². The molecule has 2 rings (SSSR count). The molecule has 0 fully saturated rings. The van der Waals surface area contributed by atoms with Crippen molar-refractivity contribution < 1.29 is 13.2 Å². The van der Waals surface area contributed by atoms with Gasteiger partial charge in [0.25, 0.3) is 5.91 Å². The van der Waals surface area contributed by atoms with E-state index in [9.17, 15) is 13.2 Å². The molecule has 0 aliphatic heterocycles. The molecule has 0 aliphatic carbocycles. The van der Waals surface area contributed by atoms with Crippen molar-refractivity contribution in [1.82, 2.24) is 10.0 Å². The summed E-state index contributed by atoms with van der Waals surface area (Å²) in [6.07, 6.45) is 0. The summed E-state index contributed by atoms with van der Waals surface area (Å²) in [5.41, 5.74) is 5.31. The maximum absolute atomic E-state index is 12.4. The largest absolute Gasteiger partial charge is 0.346 e. The number of nitrogens with two attached hydrogens (primary N) is 1. The Morgan fingerprint density at radius 3 is 2.62 bits per heavy atom. The average Bonchev–Trinajstić information content (AvgIpc) is 3.06. The van der Waals surface area contributed by atoms with Gasteiger partial charge < -0.3 is 11.1 Å². The number of benzene rings is 1. The summed E-state index contributed by atoms with van der Waals surface area (Å²) in [7, 11) is -3.69. The Balaban J connectivity index is 2.15. The molecule has 1 heterocycles. The summed E-state index contributed by atoms with van der Waals surface area (Å²) < 4.78 is 27.3. The van der Waals surface area contributed by atoms with Gasteiger partial charge >= 0.3 is 0 Å². The van der Waals surface area contributed by atoms with Crippen LogP contribution in [0.3, 0.4) is 0 Å². The third-order valence-corrected chi connectivity index (χ3v) is 5.66. The highest BCUT2D eigenvalue weighted by Crippen LogP contribution is 2.14. The molecule has 0 saturated carbocycles. The van der Waals surface area contributed by atoms with E-state index in [0.717, 1.165) is 4.88 Å². The zero-order valence-electron chi connectivity index (χ0n) is 13.6. The van der Waals surface area contributed by atoms with Crippen LogP contribution in [0.15, 0.2) is 46.7 Å². The maximum Gasteiger partial charge on any atom is 0.251 e. The highest BCUT2D eigenvalue weighted by Gasteiger charge is 2.21. The third kappa shape index (κ3) is 4.88. The lowest BCUT2D eigenvalue weighted by Crippen LogP contribution is -2.48. The summed E-state index contributed by atoms with van der Waals surface area (Å²) in [4.78, 5) is 13.2. The molecule has 0 aliphatic rings. The predicted octanol–water partition coefficient (Wildman–Crippen LogP) is 1.69. The van der Waals surface area contributed by atoms with Crippen molar-refractivity contribution in [2.45, 2.75) is 30.8 Å². The molecule has 130 valence electrons. The molecule has 0 bridgehead atoms. The molecule has 8 heteroatoms. The lowest BCUT2D eigenvalue weighted by atomic mass is 10.1. The fraction of sp³-hybridized carbons (Fsp3) is 0.312. The van der Waals surface area contributed by atoms with Gasteiger partial charge in [-0.2, -0.15) is 0 Å². The van der Waals surface area contributed by atoms with Gasteiger partial charge in [-0.1, -0.05) is 12.1 Å². The molecule has 4 N–H and O–H groups in total. The molecular formula is C16H21N3O3S2. The van der Waals surface area contributed by atoms with Crippen LogP contribution in [0.2, 0.25) is 0 Å². The molecule has 1 amide bonds. The van der Waals surface area contributed by atoms with E-state index in [1.165, 1.54) is 23.5 Å². The second-order valence-electron chi connectivity index (χ2n) is 5.97. The van der Waals surface area contributed by atoms with Crippen molar-refractivity contribution in [3.8, 4) is 0 Å². The van der Waals surface area contributed by atoms with Crippen molar-refractivity contribution >= 4 is 27.3 Å². The van der Waals surface area contributed by atoms with Gasteiger partial charge in [-0.25, -0.2) is 13.1 Å². The van der Waals surface area contributed by atoms with Crippen LogP contribution in [0.4, 0.5) is 0 Å². The number of rotatable bonds is 7. The lowest BCUT2D eigenvalue weighted by Gasteiger charge is -2.24. The zero-order valence-corrected chi connectivity index (χ0v) is 15.2. The Kier molecular flexibility index (Phi) is 5.76. The molecule has 0 radical (unpaired) electrons. The van der Waals surface area contributed by atoms with Gasteiger partial charge in [0, 0.05) is 29.1 Å². The Labute approximate surface area is 146 Å². The van der Waals surface area contributed by atoms with Crippen molar-refractivity contribution in [3.63, 3.8) is 0 Å². The van der Waals surface area contributed by atoms with E-state index in [0.29, 0.717) is 0 Å². The molecule has 0 atom stereocenters. The van der Waals surface area contributed by atoms with Crippen molar-refractivity contribution in [2.24, 2.45) is 5.73 Å². The van der Waals surface area contributed by atoms with Gasteiger partial charge in [0.05, 0.1) is 4.90 Å². The first-order chi connectivity index (χ1) is 11.2. The van der Waals surface area contributed by atoms with Crippen LogP contribution in [-0.4, -0.2) is 26.4 Å². The fourth-order valence-electron chi connectivity index (χ4n) is 1.90. The zero-order chi connectivity index (χ0) is 17.8. The number of sulfonamides is 1. The molecule has 24 heavy (non-hydrogen) atoms. The number of nitrogens with one attached hydrogen (secondary N) is 2. The lowest BCUT2D eigenvalue weighted by molar-refractivity contribution is 0.0915. The second-order valence-corrected chi connectivity index (χ2v) is 8.77. The summed E-state index contributed by atoms with van der Waals surface area (Å²) in [5.74, 6) is -0.360. The molecule has 0 unspecified atom stereocenters. The van der Waals surface area contributed by atoms with Crippen LogP contribution in [0.1, 0.15) is 29.1 Å². The highest BCUT2D eigenvalue weighted by molar-refractivity contribution is 7.89. The number of thiophene rings is 1. The van der Waals surface area contributed by atoms with Gasteiger partial charge in [0.15, 0.2) is 0 Å². The summed E-state index contributed by atoms with van der Waals surface area (Å²) >= 11 is 1.47. The molecule has 1 aromatic carbocycles. The predicted molar refractivity (Wildman–Crippen MR) is 95.4 cm³/mol. The highest BCUT2D eigenvalue weighted by atomic mass is 32.2. The third-order valence-electron chi connectivity index (χ3n) is 3.39. The van der Waals surface area contributed by atoms with Crippen molar-refractivity contribution in [3.05, 3.63) is 52.2 Å². The minimum Gasteiger partial charge on any atom is -0.346 e. The molecule has 6 nitrogen and oxygen atoms in total. The van der Waals surface area contributed by atoms with E-state index in [4.69, 9.17) is 5.73 Å². The van der Waals surface area contributed by atoms with Crippen LogP contribution in [-0.2, 0) is 16.6 Å². The number of hydrogen-bond acceptors (Lipinski definition) is 5. The van der Waals surface area contributed by atoms with Gasteiger partial charge in [0.1, 0.15) is 0 Å². The van der Waals surface area contributed by atoms with E-state index >= 15 is 0 Å². The summed E-state index contributed by atoms with van der Waals surface area (Å²) in [6.45, 7) is 4.10. The quantitative estimate of drug-likeness (QED) is 0.693. The topological polar surface area (TPSA) is 101 Å². The SMILES string of the molecule is CC(C)(CN)NC(=O)c1cccc(S(=O)(=O)NCc2cccs2)c1. The fourth-order valence-corrected chi connectivity index (χ4v) is 3.69. The smallest absolute Gasteiger partial charge is 0.251 e. The molecule has 0 saturated heterocycles. The van der Waals surface area contributed by atoms with Crippen LogP contribution in [0.5, 0.6) is 0 Å². The minimum atomic E-state index is -3.69. The molecule has 0 spiro atoms. The van der Waals surface area contributed by atoms with E-state index in [2.05, 4.69) is 10.0 Å². The van der Waals surface area contributed by atoms with Crippen molar-refractivity contribution in [1.29, 1.82) is 0 Å². The van der Waals surface area contributed by atoms with Gasteiger partial charge in [-0.3, -0.25) is 4.79 Å². The molecular weight excluding hydrogens is 346 g/mol. The molecule has 1 aromatic heterocycles. The Hall–Kier alpha value is -1.74. The summed E-state index contributed by atoms with van der Waals surface area (Å²) in [6, 6.07) is 9.65. The monoisotopic (exact) mass is 367 g/mol. The average molecular weight is 367 g/mol. The second kappa shape index (κ2) is 7.43. The first kappa shape index (κ1) is 18.6. The number of amides is 1. The Morgan fingerprint density at radius 2 is 2.00 bits per heavy atom. The van der Waals surface area contributed by atoms with Crippen LogP contribution < -0.4 is 15.8 Å². The minimum absolute atomic E-state index is 0.0530. The normalized spacial score (nSPS) is 12.1. The Morgan fingerprint density at radius 1 is 1.25 bits per heavy atom. The first-order valence-corrected chi connectivity index (χ1v) is 9.74. The van der Waals surface area contributed by atoms with Gasteiger partial charge in [-0.05, 0) is 43.5 Å². The van der Waals surface area contributed by atoms with Crippen LogP contribution >= 0.6 is 11.3 Å². The number of carbonyl (C=O) groups is 1. The maximum atomic E-state index is 12.4. The number of carbonyl (C=O) groups excluding carboxylic acids is 1. The Bertz CT molecular complexity index is 800. The number of hydrogen-bond donors (Lipinski definition) is 3. The molecule has 2 aromatic rings. The van der Waals surface area contributed by atoms with Crippen molar-refractivity contribution in [2.75, 3.05) is 6.54 Å². The van der Waals surface area contributed by atoms with Crippen LogP contribution in [0, 0.1) is 0 Å². The van der Waals surface area contributed by atoms with Gasteiger partial charge in [0.2, 0.25) is 10.0 Å².